The number of hydrogen-bond acceptors (Lipinski definition) is 5. The van der Waals surface area contributed by atoms with Gasteiger partial charge in [0.2, 0.25) is 11.8 Å². The Morgan fingerprint density at radius 3 is 2.44 bits per heavy atom. The third-order valence-electron chi connectivity index (χ3n) is 2.58. The number of piperazine rings is 1. The molecule has 0 saturated carbocycles. The van der Waals surface area contributed by atoms with Crippen LogP contribution in [0.3, 0.4) is 0 Å². The van der Waals surface area contributed by atoms with Crippen LogP contribution in [0.25, 0.3) is 0 Å². The summed E-state index contributed by atoms with van der Waals surface area (Å²) in [4.78, 5) is 24.1. The van der Waals surface area contributed by atoms with Gasteiger partial charge in [0.25, 0.3) is 0 Å². The number of aromatic nitrogens is 1. The van der Waals surface area contributed by atoms with E-state index in [1.54, 1.807) is 4.90 Å². The van der Waals surface area contributed by atoms with Crippen molar-refractivity contribution in [3.63, 3.8) is 0 Å². The Bertz CT molecular complexity index is 403. The fraction of sp³-hybridized carbons (Fsp3) is 0.500. The largest absolute Gasteiger partial charge is 0.361 e. The normalized spacial score (nSPS) is 17.6. The maximum absolute atomic E-state index is 11.2. The SMILES string of the molecule is Cc1noc(C)c1CN1CC(=O)NC(=O)C1. The lowest BCUT2D eigenvalue weighted by atomic mass is 10.2. The lowest BCUT2D eigenvalue weighted by Gasteiger charge is -2.24. The fourth-order valence-corrected chi connectivity index (χ4v) is 1.76. The lowest BCUT2D eigenvalue weighted by Crippen LogP contribution is -2.50. The van der Waals surface area contributed by atoms with E-state index in [1.165, 1.54) is 0 Å². The maximum atomic E-state index is 11.2. The molecule has 0 aromatic carbocycles. The van der Waals surface area contributed by atoms with Crippen molar-refractivity contribution in [3.05, 3.63) is 17.0 Å². The Hall–Kier alpha value is -1.69. The van der Waals surface area contributed by atoms with Crippen LogP contribution in [0.2, 0.25) is 0 Å². The molecule has 6 nitrogen and oxygen atoms in total. The van der Waals surface area contributed by atoms with E-state index in [9.17, 15) is 9.59 Å². The van der Waals surface area contributed by atoms with Crippen molar-refractivity contribution in [2.24, 2.45) is 0 Å². The molecular formula is C10H13N3O3. The van der Waals surface area contributed by atoms with Gasteiger partial charge in [-0.1, -0.05) is 5.16 Å². The zero-order chi connectivity index (χ0) is 11.7. The summed E-state index contributed by atoms with van der Waals surface area (Å²) in [5, 5.41) is 6.09. The van der Waals surface area contributed by atoms with Crippen molar-refractivity contribution >= 4 is 11.8 Å². The standard InChI is InChI=1S/C10H13N3O3/c1-6-8(7(2)16-12-6)3-13-4-9(14)11-10(15)5-13/h3-5H2,1-2H3,(H,11,14,15). The van der Waals surface area contributed by atoms with Crippen molar-refractivity contribution < 1.29 is 14.1 Å². The summed E-state index contributed by atoms with van der Waals surface area (Å²) in [6.07, 6.45) is 0. The molecule has 16 heavy (non-hydrogen) atoms. The summed E-state index contributed by atoms with van der Waals surface area (Å²) in [5.74, 6) is 0.210. The molecule has 0 atom stereocenters. The number of nitrogens with zero attached hydrogens (tertiary/aromatic N) is 2. The Morgan fingerprint density at radius 2 is 1.94 bits per heavy atom. The first-order valence-corrected chi connectivity index (χ1v) is 5.03. The molecule has 0 radical (unpaired) electrons. The number of carbonyl (C=O) groups excluding carboxylic acids is 2. The molecule has 2 heterocycles. The maximum Gasteiger partial charge on any atom is 0.240 e. The molecule has 0 bridgehead atoms. The van der Waals surface area contributed by atoms with Crippen LogP contribution in [0, 0.1) is 13.8 Å². The van der Waals surface area contributed by atoms with E-state index >= 15 is 0 Å². The monoisotopic (exact) mass is 223 g/mol. The third kappa shape index (κ3) is 2.11. The van der Waals surface area contributed by atoms with Crippen LogP contribution in [0.15, 0.2) is 4.52 Å². The summed E-state index contributed by atoms with van der Waals surface area (Å²) >= 11 is 0. The Kier molecular flexibility index (Phi) is 2.74. The third-order valence-corrected chi connectivity index (χ3v) is 2.58. The molecule has 0 spiro atoms. The summed E-state index contributed by atoms with van der Waals surface area (Å²) in [5.41, 5.74) is 1.75. The molecule has 0 unspecified atom stereocenters. The molecule has 1 fully saturated rings. The highest BCUT2D eigenvalue weighted by Crippen LogP contribution is 2.15. The second kappa shape index (κ2) is 4.05. The minimum atomic E-state index is -0.261. The van der Waals surface area contributed by atoms with E-state index in [-0.39, 0.29) is 24.9 Å². The van der Waals surface area contributed by atoms with E-state index in [4.69, 9.17) is 4.52 Å². The number of imide groups is 1. The van der Waals surface area contributed by atoms with Gasteiger partial charge in [-0.05, 0) is 13.8 Å². The smallest absolute Gasteiger partial charge is 0.240 e. The molecule has 6 heteroatoms. The predicted octanol–water partition coefficient (Wildman–Crippen LogP) is -0.250. The molecule has 1 aromatic heterocycles. The first kappa shape index (κ1) is 10.8. The van der Waals surface area contributed by atoms with Gasteiger partial charge in [0.1, 0.15) is 5.76 Å². The van der Waals surface area contributed by atoms with Gasteiger partial charge < -0.3 is 4.52 Å². The van der Waals surface area contributed by atoms with Crippen LogP contribution in [0.5, 0.6) is 0 Å². The summed E-state index contributed by atoms with van der Waals surface area (Å²) in [6.45, 7) is 4.64. The lowest BCUT2D eigenvalue weighted by molar-refractivity contribution is -0.136. The number of aryl methyl sites for hydroxylation is 2. The minimum Gasteiger partial charge on any atom is -0.361 e. The number of amides is 2. The van der Waals surface area contributed by atoms with Crippen molar-refractivity contribution in [1.82, 2.24) is 15.4 Å². The highest BCUT2D eigenvalue weighted by molar-refractivity contribution is 5.99. The van der Waals surface area contributed by atoms with Crippen LogP contribution in [-0.2, 0) is 16.1 Å². The van der Waals surface area contributed by atoms with Crippen LogP contribution in [0.1, 0.15) is 17.0 Å². The van der Waals surface area contributed by atoms with Crippen LogP contribution < -0.4 is 5.32 Å². The molecule has 0 aliphatic carbocycles. The van der Waals surface area contributed by atoms with E-state index in [0.717, 1.165) is 17.0 Å². The van der Waals surface area contributed by atoms with E-state index in [0.29, 0.717) is 6.54 Å². The molecule has 86 valence electrons. The number of rotatable bonds is 2. The first-order chi connectivity index (χ1) is 7.56. The number of carbonyl (C=O) groups is 2. The minimum absolute atomic E-state index is 0.232. The van der Waals surface area contributed by atoms with Gasteiger partial charge in [0.05, 0.1) is 18.8 Å². The van der Waals surface area contributed by atoms with Crippen LogP contribution in [0.4, 0.5) is 0 Å². The van der Waals surface area contributed by atoms with Crippen LogP contribution in [-0.4, -0.2) is 35.0 Å². The van der Waals surface area contributed by atoms with Crippen LogP contribution >= 0.6 is 0 Å². The Morgan fingerprint density at radius 1 is 1.31 bits per heavy atom. The van der Waals surface area contributed by atoms with Gasteiger partial charge in [-0.2, -0.15) is 0 Å². The summed E-state index contributed by atoms with van der Waals surface area (Å²) < 4.78 is 5.03. The first-order valence-electron chi connectivity index (χ1n) is 5.03. The van der Waals surface area contributed by atoms with E-state index in [2.05, 4.69) is 10.5 Å². The summed E-state index contributed by atoms with van der Waals surface area (Å²) in [7, 11) is 0. The molecule has 2 amide bonds. The molecular weight excluding hydrogens is 210 g/mol. The molecule has 1 N–H and O–H groups in total. The van der Waals surface area contributed by atoms with Gasteiger partial charge in [-0.25, -0.2) is 0 Å². The van der Waals surface area contributed by atoms with Crippen molar-refractivity contribution in [3.8, 4) is 0 Å². The molecule has 1 saturated heterocycles. The van der Waals surface area contributed by atoms with Crippen molar-refractivity contribution in [1.29, 1.82) is 0 Å². The number of nitrogens with one attached hydrogen (secondary N) is 1. The average molecular weight is 223 g/mol. The zero-order valence-electron chi connectivity index (χ0n) is 9.24. The highest BCUT2D eigenvalue weighted by Gasteiger charge is 2.24. The molecule has 1 aliphatic heterocycles. The molecule has 2 rings (SSSR count). The van der Waals surface area contributed by atoms with E-state index in [1.807, 2.05) is 13.8 Å². The van der Waals surface area contributed by atoms with Crippen molar-refractivity contribution in [2.75, 3.05) is 13.1 Å². The van der Waals surface area contributed by atoms with Gasteiger partial charge in [0, 0.05) is 12.1 Å². The zero-order valence-corrected chi connectivity index (χ0v) is 9.24. The van der Waals surface area contributed by atoms with E-state index < -0.39 is 0 Å². The molecule has 1 aliphatic rings. The average Bonchev–Trinajstić information content (AvgIpc) is 2.48. The second-order valence-corrected chi connectivity index (χ2v) is 3.92. The topological polar surface area (TPSA) is 75.4 Å². The quantitative estimate of drug-likeness (QED) is 0.700. The molecule has 1 aromatic rings. The fourth-order valence-electron chi connectivity index (χ4n) is 1.76. The van der Waals surface area contributed by atoms with Gasteiger partial charge >= 0.3 is 0 Å². The summed E-state index contributed by atoms with van der Waals surface area (Å²) in [6, 6.07) is 0. The van der Waals surface area contributed by atoms with Gasteiger partial charge in [0.15, 0.2) is 0 Å². The second-order valence-electron chi connectivity index (χ2n) is 3.92. The highest BCUT2D eigenvalue weighted by atomic mass is 16.5. The van der Waals surface area contributed by atoms with Gasteiger partial charge in [-0.15, -0.1) is 0 Å². The predicted molar refractivity (Wildman–Crippen MR) is 54.4 cm³/mol. The van der Waals surface area contributed by atoms with Gasteiger partial charge in [-0.3, -0.25) is 19.8 Å². The Balaban J connectivity index is 2.10. The van der Waals surface area contributed by atoms with Crippen molar-refractivity contribution in [2.45, 2.75) is 20.4 Å². The number of hydrogen-bond donors (Lipinski definition) is 1. The Labute approximate surface area is 92.6 Å².